The molecule has 6 heteroatoms. The smallest absolute Gasteiger partial charge is 0.156 e. The predicted octanol–water partition coefficient (Wildman–Crippen LogP) is 2.71. The van der Waals surface area contributed by atoms with Crippen molar-refractivity contribution < 1.29 is 13.6 Å². The van der Waals surface area contributed by atoms with Crippen molar-refractivity contribution in [1.29, 1.82) is 5.41 Å². The van der Waals surface area contributed by atoms with E-state index in [4.69, 9.17) is 17.6 Å². The van der Waals surface area contributed by atoms with Gasteiger partial charge < -0.3 is 5.73 Å². The van der Waals surface area contributed by atoms with E-state index in [9.17, 15) is 13.6 Å². The van der Waals surface area contributed by atoms with E-state index in [0.29, 0.717) is 0 Å². The molecule has 0 spiro atoms. The van der Waals surface area contributed by atoms with Gasteiger partial charge >= 0.3 is 0 Å². The Kier molecular flexibility index (Phi) is 7.22. The summed E-state index contributed by atoms with van der Waals surface area (Å²) in [5.41, 5.74) is 5.48. The number of nitrogens with one attached hydrogen (secondary N) is 1. The number of halogens is 2. The summed E-state index contributed by atoms with van der Waals surface area (Å²) in [6.07, 6.45) is 5.20. The van der Waals surface area contributed by atoms with Crippen LogP contribution in [-0.2, 0) is 4.79 Å². The first-order chi connectivity index (χ1) is 9.61. The summed E-state index contributed by atoms with van der Waals surface area (Å²) in [6.45, 7) is 7.18. The Balaban J connectivity index is 5.24. The van der Waals surface area contributed by atoms with Crippen molar-refractivity contribution >= 4 is 17.3 Å². The summed E-state index contributed by atoms with van der Waals surface area (Å²) in [5.74, 6) is -1.38. The number of terminal acetylenes is 1. The normalized spacial score (nSPS) is 15.5. The second-order valence-corrected chi connectivity index (χ2v) is 4.61. The zero-order valence-corrected chi connectivity index (χ0v) is 12.3. The lowest BCUT2D eigenvalue weighted by molar-refractivity contribution is -0.117. The highest BCUT2D eigenvalue weighted by atomic mass is 19.2. The number of amidine groups is 1. The maximum atomic E-state index is 13.3. The molecule has 0 aliphatic heterocycles. The number of carbonyl (C=O) groups excluding carboxylic acids is 1. The molecule has 0 amide bonds. The quantitative estimate of drug-likeness (QED) is 0.328. The van der Waals surface area contributed by atoms with Crippen LogP contribution in [0.3, 0.4) is 0 Å². The van der Waals surface area contributed by atoms with Gasteiger partial charge in [-0.25, -0.2) is 8.78 Å². The van der Waals surface area contributed by atoms with Gasteiger partial charge in [0.25, 0.3) is 0 Å². The lowest BCUT2D eigenvalue weighted by Gasteiger charge is -2.14. The Morgan fingerprint density at radius 3 is 2.29 bits per heavy atom. The van der Waals surface area contributed by atoms with Crippen LogP contribution in [0.15, 0.2) is 28.8 Å². The van der Waals surface area contributed by atoms with Crippen LogP contribution in [0.2, 0.25) is 0 Å². The van der Waals surface area contributed by atoms with Gasteiger partial charge in [0.15, 0.2) is 5.83 Å². The zero-order chi connectivity index (χ0) is 16.7. The number of hydrogen-bond donors (Lipinski definition) is 2. The Labute approximate surface area is 123 Å². The molecule has 114 valence electrons. The van der Waals surface area contributed by atoms with Crippen LogP contribution < -0.4 is 5.73 Å². The maximum Gasteiger partial charge on any atom is 0.156 e. The van der Waals surface area contributed by atoms with Gasteiger partial charge in [-0.05, 0) is 26.3 Å². The van der Waals surface area contributed by atoms with Crippen LogP contribution in [-0.4, -0.2) is 23.4 Å². The molecule has 0 aliphatic rings. The Hall–Kier alpha value is -2.29. The van der Waals surface area contributed by atoms with E-state index in [-0.39, 0.29) is 29.3 Å². The van der Waals surface area contributed by atoms with E-state index >= 15 is 0 Å². The molecular formula is C15H19F2N3O. The van der Waals surface area contributed by atoms with Crippen LogP contribution in [0, 0.1) is 23.7 Å². The minimum atomic E-state index is -1.06. The number of carbonyl (C=O) groups is 1. The summed E-state index contributed by atoms with van der Waals surface area (Å²) in [6, 6.07) is -0.816. The molecule has 0 aromatic carbocycles. The topological polar surface area (TPSA) is 79.3 Å². The minimum absolute atomic E-state index is 0.0938. The third kappa shape index (κ3) is 5.69. The number of Topliss-reactive ketones (excluding diaryl/α,β-unsaturated/α-hetero) is 1. The summed E-state index contributed by atoms with van der Waals surface area (Å²) >= 11 is 0. The van der Waals surface area contributed by atoms with Gasteiger partial charge in [0.1, 0.15) is 29.4 Å². The number of nitrogens with two attached hydrogens (primary N) is 1. The monoisotopic (exact) mass is 295 g/mol. The fourth-order valence-electron chi connectivity index (χ4n) is 1.77. The molecule has 0 radical (unpaired) electrons. The van der Waals surface area contributed by atoms with E-state index in [1.54, 1.807) is 0 Å². The fourth-order valence-corrected chi connectivity index (χ4v) is 1.77. The molecule has 0 aliphatic carbocycles. The molecule has 3 N–H and O–H groups in total. The second kappa shape index (κ2) is 8.10. The standard InChI is InChI=1S/C15H19F2N3O/c1-6-12(7-8(2)14(17)9(3)16)20-10(4)13(11(5)21)15(18)19/h1,12-13H,2,7H2,3-5H3,(H3,18,19). The van der Waals surface area contributed by atoms with Gasteiger partial charge in [-0.2, -0.15) is 0 Å². The van der Waals surface area contributed by atoms with Gasteiger partial charge in [0.05, 0.1) is 0 Å². The molecule has 0 rings (SSSR count). The van der Waals surface area contributed by atoms with Crippen molar-refractivity contribution in [2.45, 2.75) is 33.2 Å². The van der Waals surface area contributed by atoms with Crippen LogP contribution in [0.5, 0.6) is 0 Å². The summed E-state index contributed by atoms with van der Waals surface area (Å²) in [4.78, 5) is 15.5. The van der Waals surface area contributed by atoms with Crippen molar-refractivity contribution in [1.82, 2.24) is 0 Å². The molecular weight excluding hydrogens is 276 g/mol. The maximum absolute atomic E-state index is 13.3. The van der Waals surface area contributed by atoms with Gasteiger partial charge in [-0.3, -0.25) is 15.2 Å². The minimum Gasteiger partial charge on any atom is -0.387 e. The molecule has 0 saturated heterocycles. The largest absolute Gasteiger partial charge is 0.387 e. The van der Waals surface area contributed by atoms with E-state index < -0.39 is 23.6 Å². The first kappa shape index (κ1) is 18.7. The molecule has 0 fully saturated rings. The van der Waals surface area contributed by atoms with Crippen molar-refractivity contribution in [2.75, 3.05) is 0 Å². The van der Waals surface area contributed by atoms with Crippen molar-refractivity contribution in [2.24, 2.45) is 16.6 Å². The molecule has 0 saturated carbocycles. The third-order valence-corrected chi connectivity index (χ3v) is 2.74. The molecule has 4 nitrogen and oxygen atoms in total. The fraction of sp³-hybridized carbons (Fsp3) is 0.400. The zero-order valence-electron chi connectivity index (χ0n) is 12.3. The number of allylic oxidation sites excluding steroid dienone is 2. The van der Waals surface area contributed by atoms with Gasteiger partial charge in [0, 0.05) is 12.1 Å². The Bertz CT molecular complexity index is 538. The van der Waals surface area contributed by atoms with Crippen LogP contribution in [0.25, 0.3) is 0 Å². The lowest BCUT2D eigenvalue weighted by Crippen LogP contribution is -2.34. The first-order valence-electron chi connectivity index (χ1n) is 6.16. The lowest BCUT2D eigenvalue weighted by atomic mass is 9.98. The third-order valence-electron chi connectivity index (χ3n) is 2.74. The SMILES string of the molecule is C#CC(CC(=C)C(F)=C(C)F)N=C(C)C(C(=N)N)C(C)=O. The van der Waals surface area contributed by atoms with Gasteiger partial charge in [0.2, 0.25) is 0 Å². The number of aliphatic imine (C=N–C) groups is 1. The molecule has 0 aromatic heterocycles. The van der Waals surface area contributed by atoms with Crippen molar-refractivity contribution in [3.63, 3.8) is 0 Å². The molecule has 0 heterocycles. The van der Waals surface area contributed by atoms with E-state index in [1.165, 1.54) is 13.8 Å². The number of ketones is 1. The van der Waals surface area contributed by atoms with E-state index in [1.807, 2.05) is 0 Å². The van der Waals surface area contributed by atoms with Gasteiger partial charge in [-0.15, -0.1) is 6.42 Å². The Morgan fingerprint density at radius 1 is 1.43 bits per heavy atom. The summed E-state index contributed by atoms with van der Waals surface area (Å²) in [7, 11) is 0. The van der Waals surface area contributed by atoms with E-state index in [0.717, 1.165) is 6.92 Å². The van der Waals surface area contributed by atoms with Gasteiger partial charge in [-0.1, -0.05) is 12.5 Å². The van der Waals surface area contributed by atoms with Crippen LogP contribution in [0.1, 0.15) is 27.2 Å². The highest BCUT2D eigenvalue weighted by Gasteiger charge is 2.22. The molecule has 21 heavy (non-hydrogen) atoms. The average Bonchev–Trinajstić information content (AvgIpc) is 2.35. The van der Waals surface area contributed by atoms with E-state index in [2.05, 4.69) is 17.5 Å². The van der Waals surface area contributed by atoms with Crippen LogP contribution in [0.4, 0.5) is 8.78 Å². The summed E-state index contributed by atoms with van der Waals surface area (Å²) in [5, 5.41) is 7.37. The number of rotatable bonds is 7. The second-order valence-electron chi connectivity index (χ2n) is 4.61. The molecule has 2 atom stereocenters. The predicted molar refractivity (Wildman–Crippen MR) is 80.5 cm³/mol. The summed E-state index contributed by atoms with van der Waals surface area (Å²) < 4.78 is 26.1. The van der Waals surface area contributed by atoms with Crippen molar-refractivity contribution in [3.05, 3.63) is 23.8 Å². The van der Waals surface area contributed by atoms with Crippen LogP contribution >= 0.6 is 0 Å². The molecule has 2 unspecified atom stereocenters. The molecule has 0 aromatic rings. The highest BCUT2D eigenvalue weighted by Crippen LogP contribution is 2.21. The average molecular weight is 295 g/mol. The van der Waals surface area contributed by atoms with Crippen molar-refractivity contribution in [3.8, 4) is 12.3 Å². The Morgan fingerprint density at radius 2 is 1.95 bits per heavy atom. The first-order valence-corrected chi connectivity index (χ1v) is 6.16. The number of nitrogens with zero attached hydrogens (tertiary/aromatic N) is 1. The highest BCUT2D eigenvalue weighted by molar-refractivity contribution is 6.19. The molecule has 0 bridgehead atoms. The number of hydrogen-bond acceptors (Lipinski definition) is 3.